The van der Waals surface area contributed by atoms with Crippen LogP contribution in [0.1, 0.15) is 42.5 Å². The number of hydrogen-bond donors (Lipinski definition) is 1. The van der Waals surface area contributed by atoms with E-state index in [1.54, 1.807) is 0 Å². The minimum Gasteiger partial charge on any atom is -0.349 e. The van der Waals surface area contributed by atoms with Crippen molar-refractivity contribution in [2.45, 2.75) is 38.1 Å². The molecule has 0 saturated heterocycles. The first-order chi connectivity index (χ1) is 8.16. The lowest BCUT2D eigenvalue weighted by molar-refractivity contribution is 0.0923. The van der Waals surface area contributed by atoms with Crippen LogP contribution in [0.5, 0.6) is 0 Å². The summed E-state index contributed by atoms with van der Waals surface area (Å²) in [4.78, 5) is 11.8. The fourth-order valence-electron chi connectivity index (χ4n) is 2.18. The summed E-state index contributed by atoms with van der Waals surface area (Å²) in [5.74, 6) is -1.93. The molecule has 2 nitrogen and oxygen atoms in total. The summed E-state index contributed by atoms with van der Waals surface area (Å²) >= 11 is 0. The molecule has 0 atom stereocenters. The van der Waals surface area contributed by atoms with Crippen molar-refractivity contribution in [3.8, 4) is 0 Å². The third-order valence-electron chi connectivity index (χ3n) is 3.12. The molecule has 1 aromatic carbocycles. The van der Waals surface area contributed by atoms with Crippen molar-refractivity contribution in [1.29, 1.82) is 0 Å². The first kappa shape index (κ1) is 12.0. The van der Waals surface area contributed by atoms with Crippen LogP contribution < -0.4 is 5.32 Å². The maximum atomic E-state index is 13.4. The molecule has 1 fully saturated rings. The van der Waals surface area contributed by atoms with E-state index in [0.29, 0.717) is 0 Å². The molecule has 0 aromatic heterocycles. The van der Waals surface area contributed by atoms with Crippen molar-refractivity contribution in [2.24, 2.45) is 0 Å². The van der Waals surface area contributed by atoms with Crippen LogP contribution >= 0.6 is 0 Å². The van der Waals surface area contributed by atoms with Crippen molar-refractivity contribution in [2.75, 3.05) is 0 Å². The topological polar surface area (TPSA) is 29.1 Å². The first-order valence-electron chi connectivity index (χ1n) is 5.93. The Labute approximate surface area is 99.0 Å². The van der Waals surface area contributed by atoms with Crippen LogP contribution in [0.2, 0.25) is 0 Å². The van der Waals surface area contributed by atoms with Crippen molar-refractivity contribution in [3.63, 3.8) is 0 Å². The smallest absolute Gasteiger partial charge is 0.254 e. The summed E-state index contributed by atoms with van der Waals surface area (Å²) < 4.78 is 26.1. The molecule has 1 aliphatic rings. The number of carbonyl (C=O) groups is 1. The molecule has 92 valence electrons. The second-order valence-corrected chi connectivity index (χ2v) is 4.43. The number of nitrogens with one attached hydrogen (secondary N) is 1. The van der Waals surface area contributed by atoms with E-state index < -0.39 is 17.5 Å². The zero-order valence-electron chi connectivity index (χ0n) is 9.51. The highest BCUT2D eigenvalue weighted by atomic mass is 19.1. The Morgan fingerprint density at radius 2 is 1.88 bits per heavy atom. The summed E-state index contributed by atoms with van der Waals surface area (Å²) in [7, 11) is 0. The van der Waals surface area contributed by atoms with Crippen LogP contribution in [0.3, 0.4) is 0 Å². The van der Waals surface area contributed by atoms with Gasteiger partial charge in [-0.3, -0.25) is 4.79 Å². The molecule has 0 spiro atoms. The first-order valence-corrected chi connectivity index (χ1v) is 5.93. The van der Waals surface area contributed by atoms with Crippen LogP contribution in [-0.4, -0.2) is 11.9 Å². The van der Waals surface area contributed by atoms with Crippen molar-refractivity contribution in [3.05, 3.63) is 35.4 Å². The van der Waals surface area contributed by atoms with Gasteiger partial charge in [-0.2, -0.15) is 0 Å². The predicted octanol–water partition coefficient (Wildman–Crippen LogP) is 3.03. The van der Waals surface area contributed by atoms with Gasteiger partial charge >= 0.3 is 0 Å². The van der Waals surface area contributed by atoms with E-state index in [4.69, 9.17) is 0 Å². The average Bonchev–Trinajstić information content (AvgIpc) is 2.30. The fraction of sp³-hybridized carbons (Fsp3) is 0.462. The summed E-state index contributed by atoms with van der Waals surface area (Å²) in [6, 6.07) is 3.14. The van der Waals surface area contributed by atoms with Gasteiger partial charge in [0.25, 0.3) is 5.91 Å². The van der Waals surface area contributed by atoms with E-state index in [9.17, 15) is 13.6 Å². The lowest BCUT2D eigenvalue weighted by Crippen LogP contribution is -2.36. The highest BCUT2D eigenvalue weighted by Gasteiger charge is 2.18. The van der Waals surface area contributed by atoms with Crippen molar-refractivity contribution < 1.29 is 13.6 Å². The second kappa shape index (κ2) is 5.25. The molecule has 0 heterocycles. The lowest BCUT2D eigenvalue weighted by atomic mass is 9.95. The molecule has 1 amide bonds. The molecular formula is C13H15F2NO. The Bertz CT molecular complexity index is 414. The Morgan fingerprint density at radius 1 is 1.18 bits per heavy atom. The third-order valence-corrected chi connectivity index (χ3v) is 3.12. The van der Waals surface area contributed by atoms with Crippen LogP contribution in [0.15, 0.2) is 18.2 Å². The minimum atomic E-state index is -0.807. The fourth-order valence-corrected chi connectivity index (χ4v) is 2.18. The predicted molar refractivity (Wildman–Crippen MR) is 60.7 cm³/mol. The maximum absolute atomic E-state index is 13.4. The van der Waals surface area contributed by atoms with Gasteiger partial charge in [-0.05, 0) is 25.0 Å². The Hall–Kier alpha value is -1.45. The zero-order chi connectivity index (χ0) is 12.3. The summed E-state index contributed by atoms with van der Waals surface area (Å²) in [5, 5.41) is 2.79. The second-order valence-electron chi connectivity index (χ2n) is 4.43. The van der Waals surface area contributed by atoms with E-state index in [1.807, 2.05) is 0 Å². The molecule has 0 radical (unpaired) electrons. The van der Waals surface area contributed by atoms with Gasteiger partial charge in [0.05, 0.1) is 5.56 Å². The molecule has 2 rings (SSSR count). The number of hydrogen-bond acceptors (Lipinski definition) is 1. The number of benzene rings is 1. The van der Waals surface area contributed by atoms with Gasteiger partial charge in [0, 0.05) is 12.1 Å². The number of halogens is 2. The summed E-state index contributed by atoms with van der Waals surface area (Å²) in [6.45, 7) is 0. The van der Waals surface area contributed by atoms with Gasteiger partial charge < -0.3 is 5.32 Å². The Morgan fingerprint density at radius 3 is 2.53 bits per heavy atom. The van der Waals surface area contributed by atoms with Crippen LogP contribution in [-0.2, 0) is 0 Å². The largest absolute Gasteiger partial charge is 0.349 e. The molecule has 4 heteroatoms. The molecule has 1 N–H and O–H groups in total. The zero-order valence-corrected chi connectivity index (χ0v) is 9.51. The molecule has 1 aromatic rings. The summed E-state index contributed by atoms with van der Waals surface area (Å²) in [5.41, 5.74) is -0.0861. The highest BCUT2D eigenvalue weighted by molar-refractivity contribution is 5.94. The SMILES string of the molecule is O=C(NC1CCCCC1)c1ccc(F)cc1F. The summed E-state index contributed by atoms with van der Waals surface area (Å²) in [6.07, 6.45) is 5.26. The third kappa shape index (κ3) is 3.02. The van der Waals surface area contributed by atoms with Gasteiger partial charge in [-0.15, -0.1) is 0 Å². The van der Waals surface area contributed by atoms with Crippen LogP contribution in [0.25, 0.3) is 0 Å². The minimum absolute atomic E-state index is 0.0861. The Kier molecular flexibility index (Phi) is 3.71. The standard InChI is InChI=1S/C13H15F2NO/c14-9-6-7-11(12(15)8-9)13(17)16-10-4-2-1-3-5-10/h6-8,10H,1-5H2,(H,16,17). The molecule has 1 aliphatic carbocycles. The van der Waals surface area contributed by atoms with E-state index in [0.717, 1.165) is 37.8 Å². The normalized spacial score (nSPS) is 16.8. The van der Waals surface area contributed by atoms with E-state index in [-0.39, 0.29) is 11.6 Å². The molecule has 17 heavy (non-hydrogen) atoms. The Balaban J connectivity index is 2.03. The number of carbonyl (C=O) groups excluding carboxylic acids is 1. The van der Waals surface area contributed by atoms with Gasteiger partial charge in [-0.1, -0.05) is 19.3 Å². The van der Waals surface area contributed by atoms with Gasteiger partial charge in [0.2, 0.25) is 0 Å². The van der Waals surface area contributed by atoms with E-state index in [2.05, 4.69) is 5.32 Å². The lowest BCUT2D eigenvalue weighted by Gasteiger charge is -2.22. The maximum Gasteiger partial charge on any atom is 0.254 e. The van der Waals surface area contributed by atoms with E-state index >= 15 is 0 Å². The van der Waals surface area contributed by atoms with Crippen LogP contribution in [0.4, 0.5) is 8.78 Å². The molecule has 1 saturated carbocycles. The monoisotopic (exact) mass is 239 g/mol. The average molecular weight is 239 g/mol. The van der Waals surface area contributed by atoms with E-state index in [1.165, 1.54) is 12.5 Å². The van der Waals surface area contributed by atoms with Gasteiger partial charge in [-0.25, -0.2) is 8.78 Å². The van der Waals surface area contributed by atoms with Crippen molar-refractivity contribution in [1.82, 2.24) is 5.32 Å². The van der Waals surface area contributed by atoms with Crippen molar-refractivity contribution >= 4 is 5.91 Å². The number of amides is 1. The quantitative estimate of drug-likeness (QED) is 0.844. The van der Waals surface area contributed by atoms with Gasteiger partial charge in [0.1, 0.15) is 11.6 Å². The number of rotatable bonds is 2. The molecule has 0 unspecified atom stereocenters. The molecular weight excluding hydrogens is 224 g/mol. The van der Waals surface area contributed by atoms with Crippen LogP contribution in [0, 0.1) is 11.6 Å². The van der Waals surface area contributed by atoms with Gasteiger partial charge in [0.15, 0.2) is 0 Å². The molecule has 0 aliphatic heterocycles. The highest BCUT2D eigenvalue weighted by Crippen LogP contribution is 2.18. The molecule has 0 bridgehead atoms.